The van der Waals surface area contributed by atoms with E-state index in [0.717, 1.165) is 64.9 Å². The summed E-state index contributed by atoms with van der Waals surface area (Å²) in [4.78, 5) is 5.24. The van der Waals surface area contributed by atoms with Gasteiger partial charge < -0.3 is 9.13 Å². The van der Waals surface area contributed by atoms with E-state index in [2.05, 4.69) is 28.7 Å². The lowest BCUT2D eigenvalue weighted by atomic mass is 10.1. The molecule has 0 amide bonds. The van der Waals surface area contributed by atoms with E-state index >= 15 is 9.13 Å². The average Bonchev–Trinajstić information content (AvgIpc) is 3.59. The molecule has 6 heteroatoms. The smallest absolute Gasteiger partial charge is 0.173 e. The number of imidazole rings is 1. The second kappa shape index (κ2) is 11.6. The molecule has 0 aliphatic carbocycles. The van der Waals surface area contributed by atoms with Crippen LogP contribution in [0.2, 0.25) is 0 Å². The Morgan fingerprint density at radius 2 is 0.898 bits per heavy atom. The largest absolute Gasteiger partial charge is 0.309 e. The highest BCUT2D eigenvalue weighted by Crippen LogP contribution is 2.46. The predicted octanol–water partition coefficient (Wildman–Crippen LogP) is 8.07. The molecular weight excluding hydrogens is 638 g/mol. The minimum absolute atomic E-state index is 0.714. The Kier molecular flexibility index (Phi) is 6.99. The Morgan fingerprint density at radius 1 is 0.408 bits per heavy atom. The summed E-state index contributed by atoms with van der Waals surface area (Å²) in [6, 6.07) is 59.4. The second-order valence-electron chi connectivity index (χ2n) is 12.2. The fraction of sp³-hybridized carbons (Fsp3) is 0. The standard InChI is InChI=1S/C43H30N2O2P2/c46-48(31-16-5-1-6-17-31,32-18-7-2-8-19-32)35-28-29-37-36-24-13-14-25-38(36)43-44-39-26-15-27-41(42(39)45(43)40(37)30-35)49(47,33-20-9-3-10-21-33)34-22-11-4-12-23-34/h1-30H. The van der Waals surface area contributed by atoms with Crippen LogP contribution in [0.4, 0.5) is 0 Å². The first-order valence-electron chi connectivity index (χ1n) is 16.3. The first-order valence-corrected chi connectivity index (χ1v) is 19.7. The van der Waals surface area contributed by atoms with Gasteiger partial charge in [0.2, 0.25) is 0 Å². The van der Waals surface area contributed by atoms with Crippen molar-refractivity contribution in [3.63, 3.8) is 0 Å². The third kappa shape index (κ3) is 4.49. The Morgan fingerprint density at radius 3 is 1.45 bits per heavy atom. The zero-order valence-corrected chi connectivity index (χ0v) is 28.2. The number of aromatic nitrogens is 2. The second-order valence-corrected chi connectivity index (χ2v) is 17.7. The van der Waals surface area contributed by atoms with Crippen LogP contribution in [0.3, 0.4) is 0 Å². The van der Waals surface area contributed by atoms with Gasteiger partial charge in [-0.25, -0.2) is 4.98 Å². The first kappa shape index (κ1) is 29.6. The first-order chi connectivity index (χ1) is 24.1. The maximum absolute atomic E-state index is 15.9. The van der Waals surface area contributed by atoms with E-state index < -0.39 is 14.3 Å². The van der Waals surface area contributed by atoms with Gasteiger partial charge in [-0.05, 0) is 23.6 Å². The zero-order valence-electron chi connectivity index (χ0n) is 26.4. The van der Waals surface area contributed by atoms with Gasteiger partial charge in [0, 0.05) is 42.6 Å². The Bertz CT molecular complexity index is 2680. The fourth-order valence-electron chi connectivity index (χ4n) is 7.25. The molecule has 0 unspecified atom stereocenters. The van der Waals surface area contributed by atoms with Crippen LogP contribution in [0.1, 0.15) is 0 Å². The topological polar surface area (TPSA) is 51.4 Å². The molecule has 0 N–H and O–H groups in total. The minimum Gasteiger partial charge on any atom is -0.309 e. The third-order valence-electron chi connectivity index (χ3n) is 9.52. The van der Waals surface area contributed by atoms with Crippen molar-refractivity contribution in [3.05, 3.63) is 182 Å². The van der Waals surface area contributed by atoms with Crippen LogP contribution in [0, 0.1) is 0 Å². The number of para-hydroxylation sites is 1. The summed E-state index contributed by atoms with van der Waals surface area (Å²) >= 11 is 0. The lowest BCUT2D eigenvalue weighted by molar-refractivity contribution is 0.591. The number of pyridine rings is 1. The highest BCUT2D eigenvalue weighted by Gasteiger charge is 2.34. The number of benzene rings is 7. The summed E-state index contributed by atoms with van der Waals surface area (Å²) in [7, 11) is -6.68. The summed E-state index contributed by atoms with van der Waals surface area (Å²) in [5.41, 5.74) is 3.17. The van der Waals surface area contributed by atoms with Crippen LogP contribution >= 0.6 is 14.3 Å². The van der Waals surface area contributed by atoms with Crippen molar-refractivity contribution in [2.45, 2.75) is 0 Å². The minimum atomic E-state index is -3.39. The van der Waals surface area contributed by atoms with E-state index in [1.165, 1.54) is 0 Å². The van der Waals surface area contributed by atoms with Crippen molar-refractivity contribution < 1.29 is 9.13 Å². The average molecular weight is 669 g/mol. The number of hydrogen-bond donors (Lipinski definition) is 0. The van der Waals surface area contributed by atoms with Crippen LogP contribution in [-0.4, -0.2) is 9.38 Å². The lowest BCUT2D eigenvalue weighted by Gasteiger charge is -2.22. The van der Waals surface area contributed by atoms with E-state index in [4.69, 9.17) is 4.98 Å². The predicted molar refractivity (Wildman–Crippen MR) is 206 cm³/mol. The maximum atomic E-state index is 15.9. The molecule has 0 fully saturated rings. The van der Waals surface area contributed by atoms with Crippen LogP contribution in [-0.2, 0) is 9.13 Å². The van der Waals surface area contributed by atoms with Gasteiger partial charge in [-0.3, -0.25) is 4.40 Å². The summed E-state index contributed by atoms with van der Waals surface area (Å²) in [6.45, 7) is 0. The molecule has 234 valence electrons. The molecule has 4 nitrogen and oxygen atoms in total. The number of nitrogens with zero attached hydrogens (tertiary/aromatic N) is 2. The lowest BCUT2D eigenvalue weighted by Crippen LogP contribution is -2.26. The van der Waals surface area contributed by atoms with Crippen molar-refractivity contribution in [2.24, 2.45) is 0 Å². The summed E-state index contributed by atoms with van der Waals surface area (Å²) in [6.07, 6.45) is 0. The van der Waals surface area contributed by atoms with Gasteiger partial charge in [0.15, 0.2) is 14.3 Å². The van der Waals surface area contributed by atoms with E-state index in [0.29, 0.717) is 5.30 Å². The molecule has 0 aliphatic heterocycles. The molecule has 49 heavy (non-hydrogen) atoms. The molecule has 0 saturated carbocycles. The Hall–Kier alpha value is -5.53. The molecule has 0 spiro atoms. The number of hydrogen-bond acceptors (Lipinski definition) is 3. The van der Waals surface area contributed by atoms with E-state index in [9.17, 15) is 0 Å². The van der Waals surface area contributed by atoms with Gasteiger partial charge in [-0.1, -0.05) is 164 Å². The number of fused-ring (bicyclic) bond motifs is 8. The van der Waals surface area contributed by atoms with E-state index in [-0.39, 0.29) is 0 Å². The molecular formula is C43H30N2O2P2. The molecule has 0 aliphatic rings. The number of rotatable bonds is 6. The molecule has 0 saturated heterocycles. The fourth-order valence-corrected chi connectivity index (χ4v) is 12.8. The van der Waals surface area contributed by atoms with Gasteiger partial charge in [-0.15, -0.1) is 0 Å². The third-order valence-corrected chi connectivity index (χ3v) is 15.7. The molecule has 2 heterocycles. The highest BCUT2D eigenvalue weighted by atomic mass is 31.2. The maximum Gasteiger partial charge on any atom is 0.173 e. The van der Waals surface area contributed by atoms with Gasteiger partial charge >= 0.3 is 0 Å². The van der Waals surface area contributed by atoms with Crippen molar-refractivity contribution in [1.29, 1.82) is 0 Å². The Balaban J connectivity index is 1.45. The van der Waals surface area contributed by atoms with Crippen molar-refractivity contribution >= 4 is 84.5 Å². The molecule has 7 aromatic carbocycles. The van der Waals surface area contributed by atoms with Crippen LogP contribution in [0.15, 0.2) is 182 Å². The van der Waals surface area contributed by atoms with Crippen molar-refractivity contribution in [1.82, 2.24) is 9.38 Å². The summed E-state index contributed by atoms with van der Waals surface area (Å²) in [5, 5.41) is 7.54. The monoisotopic (exact) mass is 668 g/mol. The molecule has 9 rings (SSSR count). The van der Waals surface area contributed by atoms with E-state index in [1.54, 1.807) is 0 Å². The van der Waals surface area contributed by atoms with Gasteiger partial charge in [0.25, 0.3) is 0 Å². The zero-order chi connectivity index (χ0) is 33.0. The summed E-state index contributed by atoms with van der Waals surface area (Å²) in [5.74, 6) is 0. The van der Waals surface area contributed by atoms with Gasteiger partial charge in [-0.2, -0.15) is 0 Å². The Labute approximate surface area is 284 Å². The SMILES string of the molecule is O=P(c1ccccc1)(c1ccccc1)c1ccc2c3ccccc3c3nc4cccc(P(=O)(c5ccccc5)c5ccccc5)c4n3c2c1. The molecule has 9 aromatic rings. The normalized spacial score (nSPS) is 12.2. The molecule has 0 radical (unpaired) electrons. The quantitative estimate of drug-likeness (QED) is 0.133. The van der Waals surface area contributed by atoms with Gasteiger partial charge in [0.05, 0.1) is 16.6 Å². The van der Waals surface area contributed by atoms with Gasteiger partial charge in [0.1, 0.15) is 5.65 Å². The van der Waals surface area contributed by atoms with Crippen LogP contribution in [0.25, 0.3) is 38.4 Å². The van der Waals surface area contributed by atoms with Crippen LogP contribution < -0.4 is 31.8 Å². The molecule has 2 aromatic heterocycles. The van der Waals surface area contributed by atoms with E-state index in [1.807, 2.05) is 158 Å². The van der Waals surface area contributed by atoms with Crippen molar-refractivity contribution in [2.75, 3.05) is 0 Å². The summed E-state index contributed by atoms with van der Waals surface area (Å²) < 4.78 is 33.6. The van der Waals surface area contributed by atoms with Crippen LogP contribution in [0.5, 0.6) is 0 Å². The highest BCUT2D eigenvalue weighted by molar-refractivity contribution is 7.86. The molecule has 0 bridgehead atoms. The van der Waals surface area contributed by atoms with Crippen molar-refractivity contribution in [3.8, 4) is 0 Å². The molecule has 0 atom stereocenters.